The van der Waals surface area contributed by atoms with E-state index in [2.05, 4.69) is 5.32 Å². The van der Waals surface area contributed by atoms with E-state index >= 15 is 0 Å². The Morgan fingerprint density at radius 2 is 1.67 bits per heavy atom. The number of ether oxygens (including phenoxy) is 2. The Balaban J connectivity index is 1.63. The van der Waals surface area contributed by atoms with E-state index in [1.807, 2.05) is 13.8 Å². The Hall–Kier alpha value is -2.49. The van der Waals surface area contributed by atoms with Crippen molar-refractivity contribution in [2.24, 2.45) is 0 Å². The van der Waals surface area contributed by atoms with E-state index in [0.717, 1.165) is 0 Å². The molecule has 2 aromatic carbocycles. The molecule has 1 aliphatic rings. The van der Waals surface area contributed by atoms with Crippen LogP contribution in [0.25, 0.3) is 0 Å². The highest BCUT2D eigenvalue weighted by Crippen LogP contribution is 2.23. The zero-order chi connectivity index (χ0) is 21.9. The minimum Gasteiger partial charge on any atom is -0.481 e. The van der Waals surface area contributed by atoms with E-state index in [0.29, 0.717) is 24.5 Å². The zero-order valence-electron chi connectivity index (χ0n) is 17.0. The maximum atomic E-state index is 13.0. The number of amides is 1. The van der Waals surface area contributed by atoms with Crippen molar-refractivity contribution in [2.45, 2.75) is 44.0 Å². The molecule has 0 aromatic heterocycles. The number of rotatable bonds is 6. The van der Waals surface area contributed by atoms with Crippen molar-refractivity contribution in [1.29, 1.82) is 0 Å². The maximum Gasteiger partial charge on any atom is 0.265 e. The SMILES string of the molecule is C[C@@H]1CN(S(=O)(=O)c2ccc(NC(=O)[C@@H](C)Oc3ccc(F)cc3)cc2)C[C@@H](C)O1. The van der Waals surface area contributed by atoms with Gasteiger partial charge in [-0.1, -0.05) is 0 Å². The van der Waals surface area contributed by atoms with Gasteiger partial charge in [0.05, 0.1) is 17.1 Å². The fourth-order valence-corrected chi connectivity index (χ4v) is 4.79. The number of sulfonamides is 1. The van der Waals surface area contributed by atoms with Crippen LogP contribution >= 0.6 is 0 Å². The monoisotopic (exact) mass is 436 g/mol. The lowest BCUT2D eigenvalue weighted by atomic mass is 10.3. The first-order valence-electron chi connectivity index (χ1n) is 9.64. The number of carbonyl (C=O) groups is 1. The smallest absolute Gasteiger partial charge is 0.265 e. The zero-order valence-corrected chi connectivity index (χ0v) is 17.9. The normalized spacial score (nSPS) is 21.1. The second kappa shape index (κ2) is 9.11. The molecular weight excluding hydrogens is 411 g/mol. The summed E-state index contributed by atoms with van der Waals surface area (Å²) in [6, 6.07) is 11.3. The number of nitrogens with zero attached hydrogens (tertiary/aromatic N) is 1. The molecule has 1 amide bonds. The first-order valence-corrected chi connectivity index (χ1v) is 11.1. The summed E-state index contributed by atoms with van der Waals surface area (Å²) in [5.41, 5.74) is 0.442. The average molecular weight is 437 g/mol. The third-order valence-corrected chi connectivity index (χ3v) is 6.49. The molecule has 0 saturated carbocycles. The Morgan fingerprint density at radius 3 is 2.23 bits per heavy atom. The predicted molar refractivity (Wildman–Crippen MR) is 110 cm³/mol. The molecule has 2 aromatic rings. The van der Waals surface area contributed by atoms with E-state index in [-0.39, 0.29) is 17.1 Å². The molecular formula is C21H25FN2O5S. The molecule has 3 rings (SSSR count). The Morgan fingerprint density at radius 1 is 1.10 bits per heavy atom. The summed E-state index contributed by atoms with van der Waals surface area (Å²) in [5.74, 6) is -0.435. The van der Waals surface area contributed by atoms with Crippen LogP contribution in [-0.2, 0) is 19.6 Å². The average Bonchev–Trinajstić information content (AvgIpc) is 2.69. The Bertz CT molecular complexity index is 969. The van der Waals surface area contributed by atoms with Crippen LogP contribution < -0.4 is 10.1 Å². The van der Waals surface area contributed by atoms with E-state index in [9.17, 15) is 17.6 Å². The third kappa shape index (κ3) is 5.35. The second-order valence-electron chi connectivity index (χ2n) is 7.31. The lowest BCUT2D eigenvalue weighted by Crippen LogP contribution is -2.48. The van der Waals surface area contributed by atoms with Gasteiger partial charge in [0.15, 0.2) is 6.10 Å². The van der Waals surface area contributed by atoms with Crippen LogP contribution in [0.4, 0.5) is 10.1 Å². The van der Waals surface area contributed by atoms with Crippen molar-refractivity contribution in [1.82, 2.24) is 4.31 Å². The van der Waals surface area contributed by atoms with Gasteiger partial charge < -0.3 is 14.8 Å². The van der Waals surface area contributed by atoms with Crippen LogP contribution in [0.5, 0.6) is 5.75 Å². The van der Waals surface area contributed by atoms with Gasteiger partial charge in [-0.3, -0.25) is 4.79 Å². The quantitative estimate of drug-likeness (QED) is 0.753. The van der Waals surface area contributed by atoms with E-state index in [4.69, 9.17) is 9.47 Å². The first kappa shape index (κ1) is 22.2. The van der Waals surface area contributed by atoms with Gasteiger partial charge in [-0.25, -0.2) is 12.8 Å². The van der Waals surface area contributed by atoms with Gasteiger partial charge in [0.2, 0.25) is 10.0 Å². The highest BCUT2D eigenvalue weighted by atomic mass is 32.2. The molecule has 7 nitrogen and oxygen atoms in total. The number of morpholine rings is 1. The summed E-state index contributed by atoms with van der Waals surface area (Å²) in [5, 5.41) is 2.68. The lowest BCUT2D eigenvalue weighted by molar-refractivity contribution is -0.122. The number of hydrogen-bond acceptors (Lipinski definition) is 5. The summed E-state index contributed by atoms with van der Waals surface area (Å²) < 4.78 is 51.2. The number of anilines is 1. The number of benzene rings is 2. The summed E-state index contributed by atoms with van der Waals surface area (Å²) in [7, 11) is -3.65. The van der Waals surface area contributed by atoms with Gasteiger partial charge >= 0.3 is 0 Å². The van der Waals surface area contributed by atoms with E-state index in [1.54, 1.807) is 6.92 Å². The summed E-state index contributed by atoms with van der Waals surface area (Å²) in [6.45, 7) is 5.84. The van der Waals surface area contributed by atoms with Crippen LogP contribution in [-0.4, -0.2) is 50.0 Å². The molecule has 0 spiro atoms. The van der Waals surface area contributed by atoms with Gasteiger partial charge in [0.1, 0.15) is 11.6 Å². The molecule has 1 saturated heterocycles. The Labute approximate surface area is 175 Å². The van der Waals surface area contributed by atoms with Gasteiger partial charge in [0.25, 0.3) is 5.91 Å². The van der Waals surface area contributed by atoms with Crippen LogP contribution in [0.2, 0.25) is 0 Å². The molecule has 30 heavy (non-hydrogen) atoms. The lowest BCUT2D eigenvalue weighted by Gasteiger charge is -2.34. The maximum absolute atomic E-state index is 13.0. The second-order valence-corrected chi connectivity index (χ2v) is 9.24. The van der Waals surface area contributed by atoms with E-state index < -0.39 is 27.9 Å². The van der Waals surface area contributed by atoms with Crippen molar-refractivity contribution in [3.05, 3.63) is 54.3 Å². The van der Waals surface area contributed by atoms with Crippen molar-refractivity contribution >= 4 is 21.6 Å². The largest absolute Gasteiger partial charge is 0.481 e. The minimum atomic E-state index is -3.65. The highest BCUT2D eigenvalue weighted by Gasteiger charge is 2.32. The first-order chi connectivity index (χ1) is 14.1. The summed E-state index contributed by atoms with van der Waals surface area (Å²) in [4.78, 5) is 12.5. The Kier molecular flexibility index (Phi) is 6.74. The number of halogens is 1. The van der Waals surface area contributed by atoms with Gasteiger partial charge in [-0.2, -0.15) is 4.31 Å². The molecule has 0 radical (unpaired) electrons. The van der Waals surface area contributed by atoms with Crippen molar-refractivity contribution < 1.29 is 27.1 Å². The summed E-state index contributed by atoms with van der Waals surface area (Å²) >= 11 is 0. The molecule has 3 atom stereocenters. The predicted octanol–water partition coefficient (Wildman–Crippen LogP) is 3.03. The van der Waals surface area contributed by atoms with Gasteiger partial charge in [-0.05, 0) is 69.3 Å². The van der Waals surface area contributed by atoms with Crippen molar-refractivity contribution in [2.75, 3.05) is 18.4 Å². The van der Waals surface area contributed by atoms with Gasteiger partial charge in [0, 0.05) is 18.8 Å². The molecule has 0 aliphatic carbocycles. The number of carbonyl (C=O) groups excluding carboxylic acids is 1. The molecule has 0 unspecified atom stereocenters. The van der Waals surface area contributed by atoms with Crippen molar-refractivity contribution in [3.8, 4) is 5.75 Å². The van der Waals surface area contributed by atoms with Gasteiger partial charge in [-0.15, -0.1) is 0 Å². The molecule has 1 N–H and O–H groups in total. The minimum absolute atomic E-state index is 0.150. The molecule has 0 bridgehead atoms. The highest BCUT2D eigenvalue weighted by molar-refractivity contribution is 7.89. The summed E-state index contributed by atoms with van der Waals surface area (Å²) in [6.07, 6.45) is -1.18. The molecule has 1 heterocycles. The van der Waals surface area contributed by atoms with E-state index in [1.165, 1.54) is 52.8 Å². The standard InChI is InChI=1S/C21H25FN2O5S/c1-14-12-24(13-15(2)28-14)30(26,27)20-10-6-18(7-11-20)23-21(25)16(3)29-19-8-4-17(22)5-9-19/h4-11,14-16H,12-13H2,1-3H3,(H,23,25)/t14-,15-,16-/m1/s1. The van der Waals surface area contributed by atoms with Crippen LogP contribution in [0.15, 0.2) is 53.4 Å². The fraction of sp³-hybridized carbons (Fsp3) is 0.381. The van der Waals surface area contributed by atoms with Crippen LogP contribution in [0.1, 0.15) is 20.8 Å². The van der Waals surface area contributed by atoms with Crippen LogP contribution in [0, 0.1) is 5.82 Å². The van der Waals surface area contributed by atoms with Crippen LogP contribution in [0.3, 0.4) is 0 Å². The topological polar surface area (TPSA) is 84.9 Å². The molecule has 9 heteroatoms. The fourth-order valence-electron chi connectivity index (χ4n) is 3.20. The number of hydrogen-bond donors (Lipinski definition) is 1. The molecule has 1 fully saturated rings. The molecule has 1 aliphatic heterocycles. The number of nitrogens with one attached hydrogen (secondary N) is 1. The molecule has 162 valence electrons. The van der Waals surface area contributed by atoms with Crippen molar-refractivity contribution in [3.63, 3.8) is 0 Å². The third-order valence-electron chi connectivity index (χ3n) is 4.64.